The van der Waals surface area contributed by atoms with Gasteiger partial charge in [-0.3, -0.25) is 0 Å². The zero-order chi connectivity index (χ0) is 11.4. The molecule has 1 aromatic rings. The maximum atomic E-state index is 10.9. The van der Waals surface area contributed by atoms with Gasteiger partial charge in [0, 0.05) is 24.5 Å². The van der Waals surface area contributed by atoms with Crippen LogP contribution in [0.2, 0.25) is 0 Å². The molecule has 1 aromatic carbocycles. The first-order chi connectivity index (χ1) is 7.06. The van der Waals surface area contributed by atoms with Crippen LogP contribution in [0, 0.1) is 6.92 Å². The normalized spacial score (nSPS) is 10.0. The van der Waals surface area contributed by atoms with E-state index in [1.165, 1.54) is 6.07 Å². The molecule has 5 heteroatoms. The second kappa shape index (κ2) is 4.65. The van der Waals surface area contributed by atoms with Crippen LogP contribution in [0.3, 0.4) is 0 Å². The Hall–Kier alpha value is -1.75. The van der Waals surface area contributed by atoms with Crippen molar-refractivity contribution in [2.75, 3.05) is 24.1 Å². The Morgan fingerprint density at radius 3 is 2.73 bits per heavy atom. The van der Waals surface area contributed by atoms with Crippen LogP contribution >= 0.6 is 0 Å². The lowest BCUT2D eigenvalue weighted by molar-refractivity contribution is 0.0698. The highest BCUT2D eigenvalue weighted by atomic mass is 16.4. The van der Waals surface area contributed by atoms with Gasteiger partial charge in [0.2, 0.25) is 0 Å². The van der Waals surface area contributed by atoms with E-state index in [-0.39, 0.29) is 5.56 Å². The summed E-state index contributed by atoms with van der Waals surface area (Å²) >= 11 is 0. The number of hydrogen-bond donors (Lipinski definition) is 4. The first-order valence-corrected chi connectivity index (χ1v) is 4.63. The molecule has 5 nitrogen and oxygen atoms in total. The van der Waals surface area contributed by atoms with Gasteiger partial charge in [-0.1, -0.05) is 0 Å². The van der Waals surface area contributed by atoms with Crippen molar-refractivity contribution in [2.45, 2.75) is 6.92 Å². The van der Waals surface area contributed by atoms with E-state index in [1.54, 1.807) is 13.0 Å². The minimum Gasteiger partial charge on any atom is -0.478 e. The number of benzene rings is 1. The lowest BCUT2D eigenvalue weighted by atomic mass is 10.1. The number of anilines is 2. The van der Waals surface area contributed by atoms with Gasteiger partial charge in [0.15, 0.2) is 0 Å². The van der Waals surface area contributed by atoms with Gasteiger partial charge in [0.05, 0.1) is 5.56 Å². The van der Waals surface area contributed by atoms with Gasteiger partial charge in [-0.05, 0) is 24.6 Å². The molecule has 0 radical (unpaired) electrons. The minimum absolute atomic E-state index is 0.120. The van der Waals surface area contributed by atoms with Crippen molar-refractivity contribution >= 4 is 17.3 Å². The fraction of sp³-hybridized carbons (Fsp3) is 0.300. The average Bonchev–Trinajstić information content (AvgIpc) is 2.19. The van der Waals surface area contributed by atoms with E-state index in [1.807, 2.05) is 0 Å². The van der Waals surface area contributed by atoms with E-state index in [9.17, 15) is 4.79 Å². The molecular weight excluding hydrogens is 194 g/mol. The summed E-state index contributed by atoms with van der Waals surface area (Å²) in [4.78, 5) is 10.9. The highest BCUT2D eigenvalue weighted by Crippen LogP contribution is 2.22. The monoisotopic (exact) mass is 209 g/mol. The standard InChI is InChI=1S/C10H15N3O2/c1-6-4-7(13-3-2-11)5-8(9(6)12)10(14)15/h4-5,13H,2-3,11-12H2,1H3,(H,14,15). The van der Waals surface area contributed by atoms with E-state index in [2.05, 4.69) is 5.32 Å². The predicted octanol–water partition coefficient (Wildman–Crippen LogP) is 0.646. The second-order valence-electron chi connectivity index (χ2n) is 3.27. The number of carbonyl (C=O) groups is 1. The highest BCUT2D eigenvalue weighted by molar-refractivity contribution is 5.95. The zero-order valence-electron chi connectivity index (χ0n) is 8.58. The highest BCUT2D eigenvalue weighted by Gasteiger charge is 2.11. The number of hydrogen-bond acceptors (Lipinski definition) is 4. The summed E-state index contributed by atoms with van der Waals surface area (Å²) in [5.74, 6) is -1.02. The van der Waals surface area contributed by atoms with Crippen molar-refractivity contribution < 1.29 is 9.90 Å². The first kappa shape index (κ1) is 11.3. The van der Waals surface area contributed by atoms with E-state index in [0.717, 1.165) is 11.3 Å². The topological polar surface area (TPSA) is 101 Å². The van der Waals surface area contributed by atoms with Crippen molar-refractivity contribution in [1.82, 2.24) is 0 Å². The number of nitrogens with two attached hydrogens (primary N) is 2. The van der Waals surface area contributed by atoms with Crippen LogP contribution in [0.1, 0.15) is 15.9 Å². The Morgan fingerprint density at radius 1 is 1.53 bits per heavy atom. The van der Waals surface area contributed by atoms with Crippen molar-refractivity contribution in [3.05, 3.63) is 23.3 Å². The minimum atomic E-state index is -1.02. The lowest BCUT2D eigenvalue weighted by Gasteiger charge is -2.10. The summed E-state index contributed by atoms with van der Waals surface area (Å²) in [6, 6.07) is 3.32. The van der Waals surface area contributed by atoms with Crippen LogP contribution in [-0.2, 0) is 0 Å². The molecule has 0 aromatic heterocycles. The van der Waals surface area contributed by atoms with E-state index < -0.39 is 5.97 Å². The number of rotatable bonds is 4. The molecule has 0 bridgehead atoms. The Morgan fingerprint density at radius 2 is 2.20 bits per heavy atom. The van der Waals surface area contributed by atoms with Crippen LogP contribution in [0.15, 0.2) is 12.1 Å². The Kier molecular flexibility index (Phi) is 3.51. The molecule has 82 valence electrons. The third-order valence-corrected chi connectivity index (χ3v) is 2.09. The molecule has 0 fully saturated rings. The van der Waals surface area contributed by atoms with Crippen LogP contribution in [0.5, 0.6) is 0 Å². The van der Waals surface area contributed by atoms with Crippen LogP contribution in [-0.4, -0.2) is 24.2 Å². The quantitative estimate of drug-likeness (QED) is 0.545. The Labute approximate surface area is 88.1 Å². The summed E-state index contributed by atoms with van der Waals surface area (Å²) in [5, 5.41) is 11.9. The van der Waals surface area contributed by atoms with Gasteiger partial charge in [-0.2, -0.15) is 0 Å². The molecular formula is C10H15N3O2. The van der Waals surface area contributed by atoms with E-state index in [4.69, 9.17) is 16.6 Å². The molecule has 0 aliphatic carbocycles. The number of nitrogens with one attached hydrogen (secondary N) is 1. The molecule has 0 saturated carbocycles. The van der Waals surface area contributed by atoms with Crippen LogP contribution in [0.25, 0.3) is 0 Å². The summed E-state index contributed by atoms with van der Waals surface area (Å²) in [7, 11) is 0. The number of carboxylic acids is 1. The molecule has 0 heterocycles. The third kappa shape index (κ3) is 2.60. The van der Waals surface area contributed by atoms with Crippen molar-refractivity contribution in [1.29, 1.82) is 0 Å². The fourth-order valence-electron chi connectivity index (χ4n) is 1.29. The maximum absolute atomic E-state index is 10.9. The van der Waals surface area contributed by atoms with E-state index in [0.29, 0.717) is 18.8 Å². The molecule has 0 spiro atoms. The molecule has 0 unspecified atom stereocenters. The molecule has 0 aliphatic rings. The van der Waals surface area contributed by atoms with Gasteiger partial charge >= 0.3 is 5.97 Å². The molecule has 15 heavy (non-hydrogen) atoms. The predicted molar refractivity (Wildman–Crippen MR) is 60.1 cm³/mol. The molecule has 0 aliphatic heterocycles. The second-order valence-corrected chi connectivity index (χ2v) is 3.27. The number of aromatic carboxylic acids is 1. The average molecular weight is 209 g/mol. The molecule has 0 atom stereocenters. The fourth-order valence-corrected chi connectivity index (χ4v) is 1.29. The largest absolute Gasteiger partial charge is 0.478 e. The van der Waals surface area contributed by atoms with Gasteiger partial charge in [0.1, 0.15) is 0 Å². The van der Waals surface area contributed by atoms with Crippen molar-refractivity contribution in [3.63, 3.8) is 0 Å². The summed E-state index contributed by atoms with van der Waals surface area (Å²) < 4.78 is 0. The third-order valence-electron chi connectivity index (χ3n) is 2.09. The summed E-state index contributed by atoms with van der Waals surface area (Å²) in [6.07, 6.45) is 0. The SMILES string of the molecule is Cc1cc(NCCN)cc(C(=O)O)c1N. The van der Waals surface area contributed by atoms with Gasteiger partial charge < -0.3 is 21.9 Å². The van der Waals surface area contributed by atoms with Crippen molar-refractivity contribution in [3.8, 4) is 0 Å². The molecule has 0 saturated heterocycles. The number of nitrogen functional groups attached to an aromatic ring is 1. The van der Waals surface area contributed by atoms with Gasteiger partial charge in [-0.15, -0.1) is 0 Å². The van der Waals surface area contributed by atoms with Gasteiger partial charge in [0.25, 0.3) is 0 Å². The molecule has 6 N–H and O–H groups in total. The number of aryl methyl sites for hydroxylation is 1. The zero-order valence-corrected chi connectivity index (χ0v) is 8.58. The first-order valence-electron chi connectivity index (χ1n) is 4.63. The Bertz CT molecular complexity index is 377. The molecule has 1 rings (SSSR count). The molecule has 0 amide bonds. The lowest BCUT2D eigenvalue weighted by Crippen LogP contribution is -2.14. The maximum Gasteiger partial charge on any atom is 0.337 e. The summed E-state index contributed by atoms with van der Waals surface area (Å²) in [6.45, 7) is 2.86. The van der Waals surface area contributed by atoms with E-state index >= 15 is 0 Å². The van der Waals surface area contributed by atoms with Crippen molar-refractivity contribution in [2.24, 2.45) is 5.73 Å². The Balaban J connectivity index is 3.06. The number of carboxylic acid groups (broad SMARTS) is 1. The van der Waals surface area contributed by atoms with Gasteiger partial charge in [-0.25, -0.2) is 4.79 Å². The van der Waals surface area contributed by atoms with Crippen LogP contribution < -0.4 is 16.8 Å². The summed E-state index contributed by atoms with van der Waals surface area (Å²) in [5.41, 5.74) is 12.9. The smallest absolute Gasteiger partial charge is 0.337 e. The van der Waals surface area contributed by atoms with Crippen LogP contribution in [0.4, 0.5) is 11.4 Å².